The molecule has 0 heterocycles. The van der Waals surface area contributed by atoms with Crippen molar-refractivity contribution < 1.29 is 22.8 Å². The van der Waals surface area contributed by atoms with E-state index < -0.39 is 8.80 Å². The summed E-state index contributed by atoms with van der Waals surface area (Å²) < 4.78 is 22.6. The van der Waals surface area contributed by atoms with Crippen molar-refractivity contribution in [2.45, 2.75) is 27.2 Å². The van der Waals surface area contributed by atoms with Crippen molar-refractivity contribution in [1.82, 2.24) is 0 Å². The Hall–Kier alpha value is -1.47. The molecule has 0 spiro atoms. The first-order valence-corrected chi connectivity index (χ1v) is 9.64. The Labute approximate surface area is 139 Å². The van der Waals surface area contributed by atoms with Crippen molar-refractivity contribution in [3.63, 3.8) is 0 Å². The van der Waals surface area contributed by atoms with Crippen molar-refractivity contribution in [2.24, 2.45) is 0 Å². The van der Waals surface area contributed by atoms with Gasteiger partial charge in [-0.2, -0.15) is 0 Å². The number of carbonyl (C=O) groups is 1. The van der Waals surface area contributed by atoms with Crippen LogP contribution in [0.3, 0.4) is 0 Å². The number of carbonyl (C=O) groups excluding carboxylic acids is 1. The summed E-state index contributed by atoms with van der Waals surface area (Å²) in [5.41, 5.74) is 0.529. The molecule has 1 aromatic carbocycles. The van der Waals surface area contributed by atoms with E-state index in [0.717, 1.165) is 5.20 Å². The summed E-state index contributed by atoms with van der Waals surface area (Å²) in [4.78, 5) is 11.9. The van der Waals surface area contributed by atoms with Gasteiger partial charge in [-0.3, -0.25) is 0 Å². The van der Waals surface area contributed by atoms with E-state index in [0.29, 0.717) is 31.8 Å². The summed E-state index contributed by atoms with van der Waals surface area (Å²) in [5, 5.41) is 0.726. The highest BCUT2D eigenvalue weighted by Crippen LogP contribution is 2.22. The second kappa shape index (κ2) is 10.3. The van der Waals surface area contributed by atoms with Crippen LogP contribution < -0.4 is 0 Å². The summed E-state index contributed by atoms with van der Waals surface area (Å²) in [6.07, 6.45) is 0.449. The van der Waals surface area contributed by atoms with E-state index in [1.165, 1.54) is 0 Å². The second-order valence-corrected chi connectivity index (χ2v) is 7.40. The maximum absolute atomic E-state index is 11.9. The maximum Gasteiger partial charge on any atom is 0.532 e. The highest BCUT2D eigenvalue weighted by atomic mass is 28.4. The van der Waals surface area contributed by atoms with E-state index >= 15 is 0 Å². The summed E-state index contributed by atoms with van der Waals surface area (Å²) in [7, 11) is -2.94. The minimum absolute atomic E-state index is 0.217. The lowest BCUT2D eigenvalue weighted by Gasteiger charge is -2.30. The van der Waals surface area contributed by atoms with Crippen molar-refractivity contribution >= 4 is 14.8 Å². The zero-order valence-electron chi connectivity index (χ0n) is 14.2. The quantitative estimate of drug-likeness (QED) is 0.457. The van der Waals surface area contributed by atoms with Gasteiger partial charge in [0.1, 0.15) is 0 Å². The molecule has 0 bridgehead atoms. The molecule has 0 atom stereocenters. The van der Waals surface area contributed by atoms with Gasteiger partial charge in [0, 0.05) is 26.2 Å². The standard InChI is InChI=1S/C17H26O5Si/c1-5-20-23(21-6-2,22-7-3)15(4)13-14-19-17(18)16-11-9-8-10-12-16/h8-12H,4-7,13-14H2,1-3H3. The zero-order valence-corrected chi connectivity index (χ0v) is 15.2. The van der Waals surface area contributed by atoms with Crippen LogP contribution >= 0.6 is 0 Å². The molecule has 0 saturated heterocycles. The normalized spacial score (nSPS) is 11.3. The number of esters is 1. The van der Waals surface area contributed by atoms with Gasteiger partial charge in [0.15, 0.2) is 0 Å². The number of hydrogen-bond donors (Lipinski definition) is 0. The number of ether oxygens (including phenoxy) is 1. The van der Waals surface area contributed by atoms with Crippen LogP contribution in [0.5, 0.6) is 0 Å². The second-order valence-electron chi connectivity index (χ2n) is 4.71. The Kier molecular flexibility index (Phi) is 8.79. The van der Waals surface area contributed by atoms with Crippen LogP contribution in [0.2, 0.25) is 0 Å². The maximum atomic E-state index is 11.9. The first-order chi connectivity index (χ1) is 11.1. The van der Waals surface area contributed by atoms with Crippen molar-refractivity contribution in [3.8, 4) is 0 Å². The molecule has 0 N–H and O–H groups in total. The van der Waals surface area contributed by atoms with Crippen molar-refractivity contribution in [1.29, 1.82) is 0 Å². The third kappa shape index (κ3) is 5.91. The van der Waals surface area contributed by atoms with Crippen LogP contribution in [0.1, 0.15) is 37.6 Å². The third-order valence-electron chi connectivity index (χ3n) is 3.08. The van der Waals surface area contributed by atoms with Crippen LogP contribution in [-0.2, 0) is 18.0 Å². The third-order valence-corrected chi connectivity index (χ3v) is 6.20. The van der Waals surface area contributed by atoms with E-state index in [1.54, 1.807) is 24.3 Å². The van der Waals surface area contributed by atoms with Gasteiger partial charge in [0.25, 0.3) is 0 Å². The van der Waals surface area contributed by atoms with Gasteiger partial charge in [-0.15, -0.1) is 0 Å². The van der Waals surface area contributed by atoms with Gasteiger partial charge in [-0.05, 0) is 38.1 Å². The number of hydrogen-bond acceptors (Lipinski definition) is 5. The Bertz CT molecular complexity index is 472. The molecule has 0 amide bonds. The highest BCUT2D eigenvalue weighted by Gasteiger charge is 2.43. The molecular weight excluding hydrogens is 312 g/mol. The van der Waals surface area contributed by atoms with E-state index in [2.05, 4.69) is 6.58 Å². The van der Waals surface area contributed by atoms with Gasteiger partial charge in [0.05, 0.1) is 12.2 Å². The van der Waals surface area contributed by atoms with E-state index in [1.807, 2.05) is 26.8 Å². The van der Waals surface area contributed by atoms with Crippen LogP contribution in [0.15, 0.2) is 42.1 Å². The van der Waals surface area contributed by atoms with Gasteiger partial charge in [-0.25, -0.2) is 4.79 Å². The minimum Gasteiger partial charge on any atom is -0.462 e. The van der Waals surface area contributed by atoms with Crippen LogP contribution in [0, 0.1) is 0 Å². The average Bonchev–Trinajstić information content (AvgIpc) is 2.56. The lowest BCUT2D eigenvalue weighted by atomic mass is 10.2. The first-order valence-electron chi connectivity index (χ1n) is 7.91. The van der Waals surface area contributed by atoms with Gasteiger partial charge >= 0.3 is 14.8 Å². The van der Waals surface area contributed by atoms with Gasteiger partial charge < -0.3 is 18.0 Å². The predicted molar refractivity (Wildman–Crippen MR) is 91.1 cm³/mol. The molecule has 0 unspecified atom stereocenters. The topological polar surface area (TPSA) is 54.0 Å². The number of benzene rings is 1. The van der Waals surface area contributed by atoms with E-state index in [9.17, 15) is 4.79 Å². The Morgan fingerprint density at radius 1 is 1.00 bits per heavy atom. The molecular formula is C17H26O5Si. The summed E-state index contributed by atoms with van der Waals surface area (Å²) in [6.45, 7) is 11.4. The smallest absolute Gasteiger partial charge is 0.462 e. The van der Waals surface area contributed by atoms with Gasteiger partial charge in [0.2, 0.25) is 0 Å². The molecule has 0 aliphatic heterocycles. The molecule has 0 aliphatic rings. The zero-order chi connectivity index (χ0) is 17.1. The monoisotopic (exact) mass is 338 g/mol. The Balaban J connectivity index is 2.59. The van der Waals surface area contributed by atoms with Crippen molar-refractivity contribution in [2.75, 3.05) is 26.4 Å². The summed E-state index contributed by atoms with van der Waals surface area (Å²) >= 11 is 0. The lowest BCUT2D eigenvalue weighted by Crippen LogP contribution is -2.48. The molecule has 0 radical (unpaired) electrons. The summed E-state index contributed by atoms with van der Waals surface area (Å²) in [5.74, 6) is -0.352. The van der Waals surface area contributed by atoms with Crippen LogP contribution in [-0.4, -0.2) is 41.2 Å². The Morgan fingerprint density at radius 3 is 2.00 bits per heavy atom. The molecule has 1 rings (SSSR count). The van der Waals surface area contributed by atoms with Crippen LogP contribution in [0.4, 0.5) is 0 Å². The largest absolute Gasteiger partial charge is 0.532 e. The average molecular weight is 338 g/mol. The molecule has 0 saturated carbocycles. The molecule has 1 aromatic rings. The van der Waals surface area contributed by atoms with E-state index in [-0.39, 0.29) is 12.6 Å². The minimum atomic E-state index is -2.94. The highest BCUT2D eigenvalue weighted by molar-refractivity contribution is 6.68. The fraction of sp³-hybridized carbons (Fsp3) is 0.471. The van der Waals surface area contributed by atoms with Crippen LogP contribution in [0.25, 0.3) is 0 Å². The molecule has 6 heteroatoms. The molecule has 0 aliphatic carbocycles. The Morgan fingerprint density at radius 2 is 1.52 bits per heavy atom. The fourth-order valence-electron chi connectivity index (χ4n) is 2.08. The molecule has 128 valence electrons. The lowest BCUT2D eigenvalue weighted by molar-refractivity contribution is 0.0494. The molecule has 5 nitrogen and oxygen atoms in total. The predicted octanol–water partition coefficient (Wildman–Crippen LogP) is 3.38. The number of rotatable bonds is 11. The first kappa shape index (κ1) is 19.6. The van der Waals surface area contributed by atoms with Crippen molar-refractivity contribution in [3.05, 3.63) is 47.7 Å². The SMILES string of the molecule is C=C(CCOC(=O)c1ccccc1)[Si](OCC)(OCC)OCC. The molecule has 0 aromatic heterocycles. The van der Waals surface area contributed by atoms with Gasteiger partial charge in [-0.1, -0.05) is 24.8 Å². The molecule has 0 fully saturated rings. The summed E-state index contributed by atoms with van der Waals surface area (Å²) in [6, 6.07) is 8.89. The van der Waals surface area contributed by atoms with E-state index in [4.69, 9.17) is 18.0 Å². The molecule has 23 heavy (non-hydrogen) atoms. The fourth-order valence-corrected chi connectivity index (χ4v) is 4.49.